The van der Waals surface area contributed by atoms with Gasteiger partial charge in [0.2, 0.25) is 5.95 Å². The van der Waals surface area contributed by atoms with Crippen LogP contribution in [-0.2, 0) is 6.42 Å². The lowest BCUT2D eigenvalue weighted by atomic mass is 10.2. The van der Waals surface area contributed by atoms with Crippen molar-refractivity contribution in [2.75, 3.05) is 31.7 Å². The Kier molecular flexibility index (Phi) is 4.53. The lowest BCUT2D eigenvalue weighted by Gasteiger charge is -2.11. The average molecular weight is 271 g/mol. The third-order valence-corrected chi connectivity index (χ3v) is 3.00. The lowest BCUT2D eigenvalue weighted by molar-refractivity contribution is 0.413. The predicted molar refractivity (Wildman–Crippen MR) is 83.2 cm³/mol. The van der Waals surface area contributed by atoms with Gasteiger partial charge in [-0.1, -0.05) is 12.1 Å². The summed E-state index contributed by atoms with van der Waals surface area (Å²) in [5.74, 6) is 1.07. The van der Waals surface area contributed by atoms with Crippen molar-refractivity contribution in [3.8, 4) is 0 Å². The Morgan fingerprint density at radius 2 is 2.10 bits per heavy atom. The van der Waals surface area contributed by atoms with Crippen LogP contribution in [0.15, 0.2) is 30.5 Å². The third kappa shape index (κ3) is 3.93. The van der Waals surface area contributed by atoms with Gasteiger partial charge in [0.15, 0.2) is 0 Å². The number of nitrogens with one attached hydrogen (secondary N) is 1. The molecule has 0 aliphatic carbocycles. The normalized spacial score (nSPS) is 10.8. The molecule has 0 radical (unpaired) electrons. The first kappa shape index (κ1) is 14.3. The Hall–Kier alpha value is -2.14. The van der Waals surface area contributed by atoms with E-state index in [-0.39, 0.29) is 0 Å². The molecule has 1 aromatic carbocycles. The molecule has 3 N–H and O–H groups in total. The predicted octanol–water partition coefficient (Wildman–Crippen LogP) is 2.21. The van der Waals surface area contributed by atoms with E-state index in [1.165, 1.54) is 5.56 Å². The minimum atomic E-state index is 0.529. The van der Waals surface area contributed by atoms with Gasteiger partial charge in [0.1, 0.15) is 5.82 Å². The largest absolute Gasteiger partial charge is 0.383 e. The molecular formula is C15H21N5. The smallest absolute Gasteiger partial charge is 0.229 e. The van der Waals surface area contributed by atoms with E-state index in [2.05, 4.69) is 20.2 Å². The van der Waals surface area contributed by atoms with Crippen LogP contribution >= 0.6 is 0 Å². The second-order valence-corrected chi connectivity index (χ2v) is 5.15. The van der Waals surface area contributed by atoms with Crippen molar-refractivity contribution in [1.82, 2.24) is 14.9 Å². The molecule has 0 spiro atoms. The summed E-state index contributed by atoms with van der Waals surface area (Å²) in [6.07, 6.45) is 2.65. The Morgan fingerprint density at radius 3 is 2.75 bits per heavy atom. The first-order chi connectivity index (χ1) is 9.54. The highest BCUT2D eigenvalue weighted by Crippen LogP contribution is 2.16. The number of nitrogens with two attached hydrogens (primary N) is 1. The van der Waals surface area contributed by atoms with Gasteiger partial charge in [0, 0.05) is 24.0 Å². The standard InChI is InChI=1S/C15H21N5/c1-11-5-4-6-13(9-11)18-15-17-10-12(14(16)19-15)7-8-20(2)3/h4-6,9-10H,7-8H2,1-3H3,(H3,16,17,18,19). The summed E-state index contributed by atoms with van der Waals surface area (Å²) in [5.41, 5.74) is 9.11. The van der Waals surface area contributed by atoms with Crippen molar-refractivity contribution < 1.29 is 0 Å². The van der Waals surface area contributed by atoms with Gasteiger partial charge in [-0.25, -0.2) is 4.98 Å². The van der Waals surface area contributed by atoms with Crippen molar-refractivity contribution in [2.45, 2.75) is 13.3 Å². The molecule has 0 bridgehead atoms. The van der Waals surface area contributed by atoms with Crippen LogP contribution in [-0.4, -0.2) is 35.5 Å². The van der Waals surface area contributed by atoms with E-state index in [1.807, 2.05) is 45.3 Å². The van der Waals surface area contributed by atoms with Gasteiger partial charge in [-0.05, 0) is 45.1 Å². The van der Waals surface area contributed by atoms with Gasteiger partial charge < -0.3 is 16.0 Å². The quantitative estimate of drug-likeness (QED) is 0.872. The number of hydrogen-bond donors (Lipinski definition) is 2. The molecule has 0 amide bonds. The molecule has 5 heteroatoms. The SMILES string of the molecule is Cc1cccc(Nc2ncc(CCN(C)C)c(N)n2)c1. The highest BCUT2D eigenvalue weighted by molar-refractivity contribution is 5.56. The van der Waals surface area contributed by atoms with E-state index in [0.717, 1.165) is 24.2 Å². The second-order valence-electron chi connectivity index (χ2n) is 5.15. The number of benzene rings is 1. The molecule has 106 valence electrons. The zero-order chi connectivity index (χ0) is 14.5. The van der Waals surface area contributed by atoms with E-state index in [9.17, 15) is 0 Å². The molecule has 0 aliphatic heterocycles. The van der Waals surface area contributed by atoms with Gasteiger partial charge in [-0.3, -0.25) is 0 Å². The number of likely N-dealkylation sites (N-methyl/N-ethyl adjacent to an activating group) is 1. The lowest BCUT2D eigenvalue weighted by Crippen LogP contribution is -2.16. The second kappa shape index (κ2) is 6.34. The van der Waals surface area contributed by atoms with Crippen LogP contribution in [0.25, 0.3) is 0 Å². The summed E-state index contributed by atoms with van der Waals surface area (Å²) in [6, 6.07) is 8.06. The molecule has 0 saturated heterocycles. The van der Waals surface area contributed by atoms with Crippen molar-refractivity contribution in [1.29, 1.82) is 0 Å². The number of hydrogen-bond acceptors (Lipinski definition) is 5. The fraction of sp³-hybridized carbons (Fsp3) is 0.333. The monoisotopic (exact) mass is 271 g/mol. The topological polar surface area (TPSA) is 67.1 Å². The number of aryl methyl sites for hydroxylation is 1. The molecule has 0 aliphatic rings. The molecule has 5 nitrogen and oxygen atoms in total. The van der Waals surface area contributed by atoms with E-state index in [1.54, 1.807) is 6.20 Å². The van der Waals surface area contributed by atoms with Crippen LogP contribution in [0, 0.1) is 6.92 Å². The van der Waals surface area contributed by atoms with Crippen LogP contribution in [0.3, 0.4) is 0 Å². The zero-order valence-corrected chi connectivity index (χ0v) is 12.2. The van der Waals surface area contributed by atoms with Gasteiger partial charge in [0.05, 0.1) is 0 Å². The summed E-state index contributed by atoms with van der Waals surface area (Å²) < 4.78 is 0. The van der Waals surface area contributed by atoms with Gasteiger partial charge >= 0.3 is 0 Å². The van der Waals surface area contributed by atoms with Crippen LogP contribution in [0.5, 0.6) is 0 Å². The summed E-state index contributed by atoms with van der Waals surface area (Å²) in [5, 5.41) is 3.17. The molecular weight excluding hydrogens is 250 g/mol. The highest BCUT2D eigenvalue weighted by Gasteiger charge is 2.05. The molecule has 0 unspecified atom stereocenters. The van der Waals surface area contributed by atoms with Crippen LogP contribution < -0.4 is 11.1 Å². The molecule has 0 fully saturated rings. The zero-order valence-electron chi connectivity index (χ0n) is 12.2. The first-order valence-electron chi connectivity index (χ1n) is 6.64. The number of nitrogens with zero attached hydrogens (tertiary/aromatic N) is 3. The first-order valence-corrected chi connectivity index (χ1v) is 6.64. The summed E-state index contributed by atoms with van der Waals surface area (Å²) in [6.45, 7) is 2.98. The van der Waals surface area contributed by atoms with E-state index in [0.29, 0.717) is 11.8 Å². The Balaban J connectivity index is 2.09. The van der Waals surface area contributed by atoms with Gasteiger partial charge in [-0.2, -0.15) is 4.98 Å². The average Bonchev–Trinajstić information content (AvgIpc) is 2.37. The fourth-order valence-electron chi connectivity index (χ4n) is 1.87. The van der Waals surface area contributed by atoms with Crippen molar-refractivity contribution >= 4 is 17.5 Å². The minimum absolute atomic E-state index is 0.529. The molecule has 2 aromatic rings. The molecule has 1 aromatic heterocycles. The maximum absolute atomic E-state index is 5.98. The Labute approximate surface area is 119 Å². The maximum atomic E-state index is 5.98. The Morgan fingerprint density at radius 1 is 1.30 bits per heavy atom. The molecule has 20 heavy (non-hydrogen) atoms. The number of nitrogen functional groups attached to an aromatic ring is 1. The molecule has 1 heterocycles. The van der Waals surface area contributed by atoms with Crippen LogP contribution in [0.4, 0.5) is 17.5 Å². The summed E-state index contributed by atoms with van der Waals surface area (Å²) in [7, 11) is 4.06. The van der Waals surface area contributed by atoms with E-state index >= 15 is 0 Å². The molecule has 0 atom stereocenters. The van der Waals surface area contributed by atoms with Crippen LogP contribution in [0.2, 0.25) is 0 Å². The fourth-order valence-corrected chi connectivity index (χ4v) is 1.87. The Bertz CT molecular complexity index is 580. The molecule has 2 rings (SSSR count). The van der Waals surface area contributed by atoms with Crippen molar-refractivity contribution in [3.63, 3.8) is 0 Å². The maximum Gasteiger partial charge on any atom is 0.229 e. The van der Waals surface area contributed by atoms with Gasteiger partial charge in [-0.15, -0.1) is 0 Å². The number of anilines is 3. The van der Waals surface area contributed by atoms with E-state index < -0.39 is 0 Å². The number of rotatable bonds is 5. The van der Waals surface area contributed by atoms with Crippen molar-refractivity contribution in [3.05, 3.63) is 41.6 Å². The van der Waals surface area contributed by atoms with Crippen molar-refractivity contribution in [2.24, 2.45) is 0 Å². The van der Waals surface area contributed by atoms with Gasteiger partial charge in [0.25, 0.3) is 0 Å². The third-order valence-electron chi connectivity index (χ3n) is 3.00. The minimum Gasteiger partial charge on any atom is -0.383 e. The number of aromatic nitrogens is 2. The van der Waals surface area contributed by atoms with Crippen LogP contribution in [0.1, 0.15) is 11.1 Å². The molecule has 0 saturated carbocycles. The highest BCUT2D eigenvalue weighted by atomic mass is 15.1. The summed E-state index contributed by atoms with van der Waals surface area (Å²) in [4.78, 5) is 10.7. The van der Waals surface area contributed by atoms with E-state index in [4.69, 9.17) is 5.73 Å². The summed E-state index contributed by atoms with van der Waals surface area (Å²) >= 11 is 0.